The van der Waals surface area contributed by atoms with Crippen LogP contribution in [0, 0.1) is 12.3 Å². The molecule has 0 radical (unpaired) electrons. The van der Waals surface area contributed by atoms with Gasteiger partial charge in [-0.1, -0.05) is 25.0 Å². The van der Waals surface area contributed by atoms with Gasteiger partial charge >= 0.3 is 6.03 Å². The summed E-state index contributed by atoms with van der Waals surface area (Å²) in [5.41, 5.74) is 0.121. The second-order valence-electron chi connectivity index (χ2n) is 5.41. The summed E-state index contributed by atoms with van der Waals surface area (Å²) in [4.78, 5) is 14.3. The number of likely N-dealkylation sites (tertiary alicyclic amines) is 1. The molecular weight excluding hydrogens is 280 g/mol. The minimum Gasteiger partial charge on any atom is -0.479 e. The molecule has 0 spiro atoms. The second-order valence-corrected chi connectivity index (χ2v) is 5.41. The Kier molecular flexibility index (Phi) is 5.29. The number of nitrogens with one attached hydrogen (secondary N) is 1. The minimum atomic E-state index is -0.460. The molecular formula is C17H22N2O3. The van der Waals surface area contributed by atoms with Gasteiger partial charge in [0.1, 0.15) is 12.4 Å². The number of hydrogen-bond acceptors (Lipinski definition) is 3. The summed E-state index contributed by atoms with van der Waals surface area (Å²) >= 11 is 0. The summed E-state index contributed by atoms with van der Waals surface area (Å²) < 4.78 is 5.44. The number of carbonyl (C=O) groups is 1. The van der Waals surface area contributed by atoms with E-state index in [9.17, 15) is 9.90 Å². The number of benzene rings is 1. The number of aliphatic hydroxyl groups excluding tert-OH is 1. The molecule has 5 nitrogen and oxygen atoms in total. The van der Waals surface area contributed by atoms with Gasteiger partial charge < -0.3 is 20.1 Å². The molecule has 0 aliphatic carbocycles. The van der Waals surface area contributed by atoms with E-state index in [1.54, 1.807) is 17.0 Å². The highest BCUT2D eigenvalue weighted by atomic mass is 16.5. The molecule has 1 aliphatic heterocycles. The van der Waals surface area contributed by atoms with Crippen molar-refractivity contribution in [2.45, 2.75) is 31.7 Å². The molecule has 1 aliphatic rings. The van der Waals surface area contributed by atoms with E-state index in [0.29, 0.717) is 18.0 Å². The van der Waals surface area contributed by atoms with Gasteiger partial charge in [0, 0.05) is 6.54 Å². The molecule has 0 aromatic heterocycles. The average Bonchev–Trinajstić information content (AvgIpc) is 2.98. The molecule has 118 valence electrons. The molecule has 1 unspecified atom stereocenters. The third kappa shape index (κ3) is 3.18. The zero-order chi connectivity index (χ0) is 16.0. The normalized spacial score (nSPS) is 20.5. The molecule has 1 fully saturated rings. The maximum Gasteiger partial charge on any atom is 0.322 e. The van der Waals surface area contributed by atoms with E-state index in [0.717, 1.165) is 19.3 Å². The lowest BCUT2D eigenvalue weighted by molar-refractivity contribution is 0.0867. The minimum absolute atomic E-state index is 0.0217. The van der Waals surface area contributed by atoms with Gasteiger partial charge in [-0.3, -0.25) is 0 Å². The fourth-order valence-electron chi connectivity index (χ4n) is 2.90. The SMILES string of the molecule is C#CCOc1ccccc1NC(=O)N1CCCC1(CC)CO. The number of aliphatic hydroxyl groups is 1. The van der Waals surface area contributed by atoms with Crippen LogP contribution in [0.15, 0.2) is 24.3 Å². The van der Waals surface area contributed by atoms with Crippen LogP contribution in [-0.2, 0) is 0 Å². The van der Waals surface area contributed by atoms with Crippen LogP contribution in [0.1, 0.15) is 26.2 Å². The van der Waals surface area contributed by atoms with E-state index in [1.165, 1.54) is 0 Å². The van der Waals surface area contributed by atoms with Crippen LogP contribution in [0.3, 0.4) is 0 Å². The Morgan fingerprint density at radius 3 is 3.00 bits per heavy atom. The Bertz CT molecular complexity index is 561. The fourth-order valence-corrected chi connectivity index (χ4v) is 2.90. The summed E-state index contributed by atoms with van der Waals surface area (Å²) in [5, 5.41) is 12.6. The van der Waals surface area contributed by atoms with Gasteiger partial charge in [-0.05, 0) is 31.4 Å². The molecule has 1 aromatic rings. The van der Waals surface area contributed by atoms with E-state index >= 15 is 0 Å². The Morgan fingerprint density at radius 2 is 2.32 bits per heavy atom. The number of hydrogen-bond donors (Lipinski definition) is 2. The number of urea groups is 1. The van der Waals surface area contributed by atoms with Crippen LogP contribution < -0.4 is 10.1 Å². The Morgan fingerprint density at radius 1 is 1.55 bits per heavy atom. The average molecular weight is 302 g/mol. The van der Waals surface area contributed by atoms with Crippen LogP contribution in [0.5, 0.6) is 5.75 Å². The van der Waals surface area contributed by atoms with E-state index < -0.39 is 5.54 Å². The molecule has 5 heteroatoms. The fraction of sp³-hybridized carbons (Fsp3) is 0.471. The van der Waals surface area contributed by atoms with Gasteiger partial charge in [-0.25, -0.2) is 4.79 Å². The van der Waals surface area contributed by atoms with Crippen LogP contribution in [0.25, 0.3) is 0 Å². The largest absolute Gasteiger partial charge is 0.479 e. The number of terminal acetylenes is 1. The number of amides is 2. The lowest BCUT2D eigenvalue weighted by Gasteiger charge is -2.36. The molecule has 1 heterocycles. The van der Waals surface area contributed by atoms with E-state index in [2.05, 4.69) is 11.2 Å². The monoisotopic (exact) mass is 302 g/mol. The quantitative estimate of drug-likeness (QED) is 0.821. The molecule has 0 bridgehead atoms. The zero-order valence-electron chi connectivity index (χ0n) is 12.8. The van der Waals surface area contributed by atoms with Gasteiger partial charge in [0.25, 0.3) is 0 Å². The van der Waals surface area contributed by atoms with E-state index in [4.69, 9.17) is 11.2 Å². The first-order valence-corrected chi connectivity index (χ1v) is 7.51. The summed E-state index contributed by atoms with van der Waals surface area (Å²) in [6.45, 7) is 2.76. The summed E-state index contributed by atoms with van der Waals surface area (Å²) in [6.07, 6.45) is 7.65. The first kappa shape index (κ1) is 16.2. The predicted octanol–water partition coefficient (Wildman–Crippen LogP) is 2.47. The molecule has 22 heavy (non-hydrogen) atoms. The van der Waals surface area contributed by atoms with Gasteiger partial charge in [-0.2, -0.15) is 0 Å². The highest BCUT2D eigenvalue weighted by molar-refractivity contribution is 5.91. The molecule has 1 aromatic carbocycles. The van der Waals surface area contributed by atoms with E-state index in [-0.39, 0.29) is 19.2 Å². The van der Waals surface area contributed by atoms with Crippen molar-refractivity contribution in [2.24, 2.45) is 0 Å². The van der Waals surface area contributed by atoms with Crippen molar-refractivity contribution in [2.75, 3.05) is 25.1 Å². The third-order valence-corrected chi connectivity index (χ3v) is 4.23. The lowest BCUT2D eigenvalue weighted by atomic mass is 9.94. The van der Waals surface area contributed by atoms with Gasteiger partial charge in [0.05, 0.1) is 17.8 Å². The van der Waals surface area contributed by atoms with Crippen molar-refractivity contribution in [3.63, 3.8) is 0 Å². The van der Waals surface area contributed by atoms with Crippen molar-refractivity contribution in [1.29, 1.82) is 0 Å². The molecule has 1 atom stereocenters. The maximum absolute atomic E-state index is 12.6. The number of para-hydroxylation sites is 2. The molecule has 2 rings (SSSR count). The lowest BCUT2D eigenvalue weighted by Crippen LogP contribution is -2.51. The van der Waals surface area contributed by atoms with Gasteiger partial charge in [0.2, 0.25) is 0 Å². The number of nitrogens with zero attached hydrogens (tertiary/aromatic N) is 1. The third-order valence-electron chi connectivity index (χ3n) is 4.23. The number of ether oxygens (including phenoxy) is 1. The Hall–Kier alpha value is -2.19. The van der Waals surface area contributed by atoms with Crippen molar-refractivity contribution >= 4 is 11.7 Å². The Labute approximate surface area is 131 Å². The topological polar surface area (TPSA) is 61.8 Å². The summed E-state index contributed by atoms with van der Waals surface area (Å²) in [7, 11) is 0. The zero-order valence-corrected chi connectivity index (χ0v) is 12.8. The van der Waals surface area contributed by atoms with Crippen LogP contribution in [0.4, 0.5) is 10.5 Å². The van der Waals surface area contributed by atoms with Crippen molar-refractivity contribution < 1.29 is 14.6 Å². The van der Waals surface area contributed by atoms with Crippen LogP contribution in [-0.4, -0.2) is 41.3 Å². The second kappa shape index (κ2) is 7.19. The number of carbonyl (C=O) groups excluding carboxylic acids is 1. The first-order chi connectivity index (χ1) is 10.7. The summed E-state index contributed by atoms with van der Waals surface area (Å²) in [6, 6.07) is 6.95. The highest BCUT2D eigenvalue weighted by Gasteiger charge is 2.41. The standard InChI is InChI=1S/C17H22N2O3/c1-3-12-22-15-9-6-5-8-14(15)18-16(21)19-11-7-10-17(19,4-2)13-20/h1,5-6,8-9,20H,4,7,10-13H2,2H3,(H,18,21). The first-order valence-electron chi connectivity index (χ1n) is 7.51. The van der Waals surface area contributed by atoms with Crippen molar-refractivity contribution in [3.8, 4) is 18.1 Å². The maximum atomic E-state index is 12.6. The van der Waals surface area contributed by atoms with E-state index in [1.807, 2.05) is 19.1 Å². The summed E-state index contributed by atoms with van der Waals surface area (Å²) in [5.74, 6) is 2.95. The van der Waals surface area contributed by atoms with Crippen LogP contribution in [0.2, 0.25) is 0 Å². The smallest absolute Gasteiger partial charge is 0.322 e. The van der Waals surface area contributed by atoms with Crippen molar-refractivity contribution in [1.82, 2.24) is 4.90 Å². The predicted molar refractivity (Wildman–Crippen MR) is 85.8 cm³/mol. The molecule has 1 saturated heterocycles. The number of rotatable bonds is 5. The molecule has 0 saturated carbocycles. The van der Waals surface area contributed by atoms with Crippen LogP contribution >= 0.6 is 0 Å². The van der Waals surface area contributed by atoms with Gasteiger partial charge in [-0.15, -0.1) is 6.42 Å². The van der Waals surface area contributed by atoms with Gasteiger partial charge in [0.15, 0.2) is 0 Å². The molecule has 2 N–H and O–H groups in total. The highest BCUT2D eigenvalue weighted by Crippen LogP contribution is 2.33. The van der Waals surface area contributed by atoms with Crippen molar-refractivity contribution in [3.05, 3.63) is 24.3 Å². The number of anilines is 1. The molecule has 2 amide bonds. The Balaban J connectivity index is 2.14.